The summed E-state index contributed by atoms with van der Waals surface area (Å²) in [6.45, 7) is 0.416. The van der Waals surface area contributed by atoms with Crippen LogP contribution in [-0.2, 0) is 11.2 Å². The molecule has 0 spiro atoms. The number of anilines is 1. The number of benzene rings is 2. The zero-order valence-electron chi connectivity index (χ0n) is 11.8. The summed E-state index contributed by atoms with van der Waals surface area (Å²) in [5.74, 6) is 1.46. The molecule has 2 aromatic carbocycles. The second kappa shape index (κ2) is 5.87. The van der Waals surface area contributed by atoms with Gasteiger partial charge in [-0.3, -0.25) is 4.79 Å². The summed E-state index contributed by atoms with van der Waals surface area (Å²) in [6.07, 6.45) is 0.707. The van der Waals surface area contributed by atoms with Crippen molar-refractivity contribution in [1.29, 1.82) is 0 Å². The zero-order valence-corrected chi connectivity index (χ0v) is 11.8. The zero-order chi connectivity index (χ0) is 14.7. The van der Waals surface area contributed by atoms with E-state index in [0.29, 0.717) is 13.0 Å². The molecule has 1 N–H and O–H groups in total. The van der Waals surface area contributed by atoms with Crippen molar-refractivity contribution in [2.24, 2.45) is 5.92 Å². The van der Waals surface area contributed by atoms with Crippen LogP contribution in [0.4, 0.5) is 5.69 Å². The smallest absolute Gasteiger partial charge is 0.231 e. The van der Waals surface area contributed by atoms with Crippen LogP contribution in [0, 0.1) is 5.92 Å². The highest BCUT2D eigenvalue weighted by Gasteiger charge is 2.25. The number of hydrogen-bond donors (Lipinski definition) is 1. The molecule has 21 heavy (non-hydrogen) atoms. The molecule has 1 amide bonds. The molecule has 4 heteroatoms. The van der Waals surface area contributed by atoms with Gasteiger partial charge in [0.05, 0.1) is 13.0 Å². The lowest BCUT2D eigenvalue weighted by atomic mass is 9.96. The van der Waals surface area contributed by atoms with Crippen LogP contribution in [-0.4, -0.2) is 19.6 Å². The highest BCUT2D eigenvalue weighted by Crippen LogP contribution is 2.27. The van der Waals surface area contributed by atoms with E-state index in [1.54, 1.807) is 7.11 Å². The molecule has 0 unspecified atom stereocenters. The third-order valence-corrected chi connectivity index (χ3v) is 3.61. The second-order valence-corrected chi connectivity index (χ2v) is 5.04. The Hall–Kier alpha value is -2.49. The molecule has 1 aliphatic heterocycles. The topological polar surface area (TPSA) is 47.6 Å². The van der Waals surface area contributed by atoms with E-state index in [1.165, 1.54) is 0 Å². The molecule has 0 aliphatic carbocycles. The number of rotatable bonds is 3. The lowest BCUT2D eigenvalue weighted by molar-refractivity contribution is -0.121. The van der Waals surface area contributed by atoms with Gasteiger partial charge in [0.15, 0.2) is 0 Å². The molecule has 1 aliphatic rings. The van der Waals surface area contributed by atoms with Crippen molar-refractivity contribution in [3.63, 3.8) is 0 Å². The Morgan fingerprint density at radius 3 is 2.71 bits per heavy atom. The standard InChI is InChI=1S/C17H17NO3/c1-20-15-8-6-14(7-9-15)18-17(19)13-10-12-4-2-3-5-16(12)21-11-13/h2-9,13H,10-11H2,1H3,(H,18,19)/t13-/m1/s1. The lowest BCUT2D eigenvalue weighted by Gasteiger charge is -2.24. The monoisotopic (exact) mass is 283 g/mol. The maximum Gasteiger partial charge on any atom is 0.231 e. The third kappa shape index (κ3) is 2.99. The summed E-state index contributed by atoms with van der Waals surface area (Å²) in [5, 5.41) is 2.92. The van der Waals surface area contributed by atoms with Crippen molar-refractivity contribution >= 4 is 11.6 Å². The highest BCUT2D eigenvalue weighted by molar-refractivity contribution is 5.93. The molecule has 3 rings (SSSR count). The Labute approximate surface area is 123 Å². The average molecular weight is 283 g/mol. The molecular formula is C17H17NO3. The minimum Gasteiger partial charge on any atom is -0.497 e. The van der Waals surface area contributed by atoms with E-state index in [0.717, 1.165) is 22.7 Å². The van der Waals surface area contributed by atoms with Crippen LogP contribution in [0.25, 0.3) is 0 Å². The Morgan fingerprint density at radius 1 is 1.19 bits per heavy atom. The number of para-hydroxylation sites is 1. The van der Waals surface area contributed by atoms with Gasteiger partial charge in [0.1, 0.15) is 18.1 Å². The Morgan fingerprint density at radius 2 is 1.95 bits per heavy atom. The van der Waals surface area contributed by atoms with Gasteiger partial charge in [-0.2, -0.15) is 0 Å². The molecule has 0 radical (unpaired) electrons. The summed E-state index contributed by atoms with van der Waals surface area (Å²) in [6, 6.07) is 15.1. The van der Waals surface area contributed by atoms with Gasteiger partial charge in [-0.1, -0.05) is 18.2 Å². The van der Waals surface area contributed by atoms with Crippen LogP contribution < -0.4 is 14.8 Å². The number of nitrogens with one attached hydrogen (secondary N) is 1. The van der Waals surface area contributed by atoms with Crippen LogP contribution in [0.15, 0.2) is 48.5 Å². The minimum atomic E-state index is -0.165. The number of hydrogen-bond acceptors (Lipinski definition) is 3. The summed E-state index contributed by atoms with van der Waals surface area (Å²) in [4.78, 5) is 12.3. The summed E-state index contributed by atoms with van der Waals surface area (Å²) in [7, 11) is 1.62. The first-order valence-corrected chi connectivity index (χ1v) is 6.92. The van der Waals surface area contributed by atoms with Gasteiger partial charge in [-0.15, -0.1) is 0 Å². The van der Waals surface area contributed by atoms with Gasteiger partial charge in [0, 0.05) is 5.69 Å². The van der Waals surface area contributed by atoms with Crippen molar-refractivity contribution in [1.82, 2.24) is 0 Å². The van der Waals surface area contributed by atoms with E-state index >= 15 is 0 Å². The van der Waals surface area contributed by atoms with Crippen molar-refractivity contribution in [2.75, 3.05) is 19.0 Å². The molecule has 108 valence electrons. The predicted octanol–water partition coefficient (Wildman–Crippen LogP) is 2.89. The van der Waals surface area contributed by atoms with E-state index < -0.39 is 0 Å². The molecule has 1 atom stereocenters. The predicted molar refractivity (Wildman–Crippen MR) is 80.8 cm³/mol. The lowest BCUT2D eigenvalue weighted by Crippen LogP contribution is -2.32. The number of amides is 1. The van der Waals surface area contributed by atoms with Gasteiger partial charge >= 0.3 is 0 Å². The third-order valence-electron chi connectivity index (χ3n) is 3.61. The number of carbonyl (C=O) groups is 1. The first-order chi connectivity index (χ1) is 10.3. The molecule has 1 heterocycles. The molecule has 0 saturated carbocycles. The van der Waals surface area contributed by atoms with Gasteiger partial charge in [0.2, 0.25) is 5.91 Å². The number of ether oxygens (including phenoxy) is 2. The van der Waals surface area contributed by atoms with E-state index in [-0.39, 0.29) is 11.8 Å². The SMILES string of the molecule is COc1ccc(NC(=O)[C@H]2COc3ccccc3C2)cc1. The molecule has 0 fully saturated rings. The van der Waals surface area contributed by atoms with E-state index in [9.17, 15) is 4.79 Å². The minimum absolute atomic E-state index is 0.0188. The molecule has 0 aromatic heterocycles. The molecule has 0 saturated heterocycles. The number of methoxy groups -OCH3 is 1. The summed E-state index contributed by atoms with van der Waals surface area (Å²) < 4.78 is 10.7. The first kappa shape index (κ1) is 13.5. The fraction of sp³-hybridized carbons (Fsp3) is 0.235. The van der Waals surface area contributed by atoms with Crippen molar-refractivity contribution in [3.05, 3.63) is 54.1 Å². The molecule has 4 nitrogen and oxygen atoms in total. The van der Waals surface area contributed by atoms with Crippen molar-refractivity contribution in [3.8, 4) is 11.5 Å². The Kier molecular flexibility index (Phi) is 3.77. The van der Waals surface area contributed by atoms with Gasteiger partial charge in [0.25, 0.3) is 0 Å². The van der Waals surface area contributed by atoms with Crippen LogP contribution in [0.2, 0.25) is 0 Å². The number of fused-ring (bicyclic) bond motifs is 1. The van der Waals surface area contributed by atoms with Crippen LogP contribution in [0.3, 0.4) is 0 Å². The molecular weight excluding hydrogens is 266 g/mol. The normalized spacial score (nSPS) is 16.5. The average Bonchev–Trinajstić information content (AvgIpc) is 2.55. The van der Waals surface area contributed by atoms with Crippen LogP contribution in [0.1, 0.15) is 5.56 Å². The van der Waals surface area contributed by atoms with Crippen molar-refractivity contribution < 1.29 is 14.3 Å². The largest absolute Gasteiger partial charge is 0.497 e. The number of carbonyl (C=O) groups excluding carboxylic acids is 1. The Bertz CT molecular complexity index is 637. The highest BCUT2D eigenvalue weighted by atomic mass is 16.5. The van der Waals surface area contributed by atoms with Gasteiger partial charge in [-0.25, -0.2) is 0 Å². The maximum absolute atomic E-state index is 12.3. The van der Waals surface area contributed by atoms with E-state index in [2.05, 4.69) is 5.32 Å². The second-order valence-electron chi connectivity index (χ2n) is 5.04. The Balaban J connectivity index is 1.66. The van der Waals surface area contributed by atoms with E-state index in [1.807, 2.05) is 48.5 Å². The van der Waals surface area contributed by atoms with Gasteiger partial charge < -0.3 is 14.8 Å². The van der Waals surface area contributed by atoms with Crippen LogP contribution >= 0.6 is 0 Å². The quantitative estimate of drug-likeness (QED) is 0.942. The van der Waals surface area contributed by atoms with Gasteiger partial charge in [-0.05, 0) is 42.3 Å². The maximum atomic E-state index is 12.3. The van der Waals surface area contributed by atoms with Crippen molar-refractivity contribution in [2.45, 2.75) is 6.42 Å². The summed E-state index contributed by atoms with van der Waals surface area (Å²) >= 11 is 0. The fourth-order valence-electron chi connectivity index (χ4n) is 2.42. The van der Waals surface area contributed by atoms with E-state index in [4.69, 9.17) is 9.47 Å². The fourth-order valence-corrected chi connectivity index (χ4v) is 2.42. The van der Waals surface area contributed by atoms with Crippen LogP contribution in [0.5, 0.6) is 11.5 Å². The molecule has 2 aromatic rings. The first-order valence-electron chi connectivity index (χ1n) is 6.92. The summed E-state index contributed by atoms with van der Waals surface area (Å²) in [5.41, 5.74) is 1.85. The molecule has 0 bridgehead atoms.